The van der Waals surface area contributed by atoms with E-state index in [1.165, 1.54) is 0 Å². The number of carbonyl (C=O) groups excluding carboxylic acids is 1. The molecule has 7 heteroatoms. The fourth-order valence-corrected chi connectivity index (χ4v) is 2.94. The van der Waals surface area contributed by atoms with Crippen molar-refractivity contribution in [3.05, 3.63) is 35.9 Å². The number of amides is 1. The van der Waals surface area contributed by atoms with Gasteiger partial charge in [-0.3, -0.25) is 4.79 Å². The second-order valence-electron chi connectivity index (χ2n) is 8.01. The molecule has 0 aliphatic rings. The molecule has 0 aliphatic carbocycles. The van der Waals surface area contributed by atoms with E-state index >= 15 is 0 Å². The lowest BCUT2D eigenvalue weighted by Crippen LogP contribution is -2.50. The van der Waals surface area contributed by atoms with Gasteiger partial charge in [0.2, 0.25) is 0 Å². The van der Waals surface area contributed by atoms with Crippen LogP contribution in [0.5, 0.6) is 0 Å². The van der Waals surface area contributed by atoms with E-state index in [0.717, 1.165) is 5.56 Å². The fraction of sp³-hybridized carbons (Fsp3) is 0.579. The van der Waals surface area contributed by atoms with Gasteiger partial charge in [-0.1, -0.05) is 51.1 Å². The van der Waals surface area contributed by atoms with E-state index < -0.39 is 32.3 Å². The average Bonchev–Trinajstić information content (AvgIpc) is 2.56. The van der Waals surface area contributed by atoms with Crippen molar-refractivity contribution in [2.75, 3.05) is 6.61 Å². The Bertz CT molecular complexity index is 598. The summed E-state index contributed by atoms with van der Waals surface area (Å²) in [6.07, 6.45) is -0.647. The molecule has 1 aromatic rings. The maximum absolute atomic E-state index is 12.1. The third kappa shape index (κ3) is 6.80. The maximum atomic E-state index is 12.1. The van der Waals surface area contributed by atoms with Gasteiger partial charge in [-0.05, 0) is 30.6 Å². The van der Waals surface area contributed by atoms with Crippen molar-refractivity contribution < 1.29 is 23.9 Å². The highest BCUT2D eigenvalue weighted by molar-refractivity contribution is 6.74. The summed E-state index contributed by atoms with van der Waals surface area (Å²) in [7, 11) is -2.06. The lowest BCUT2D eigenvalue weighted by molar-refractivity contribution is -0.142. The zero-order chi connectivity index (χ0) is 20.0. The van der Waals surface area contributed by atoms with E-state index in [0.29, 0.717) is 0 Å². The van der Waals surface area contributed by atoms with Gasteiger partial charge in [-0.15, -0.1) is 0 Å². The van der Waals surface area contributed by atoms with Gasteiger partial charge in [-0.2, -0.15) is 0 Å². The zero-order valence-electron chi connectivity index (χ0n) is 16.5. The Balaban J connectivity index is 2.68. The van der Waals surface area contributed by atoms with Crippen LogP contribution in [-0.4, -0.2) is 38.1 Å². The van der Waals surface area contributed by atoms with E-state index in [2.05, 4.69) is 39.2 Å². The minimum absolute atomic E-state index is 0.00215. The first kappa shape index (κ1) is 22.2. The molecule has 0 aliphatic heterocycles. The number of benzene rings is 1. The van der Waals surface area contributed by atoms with Gasteiger partial charge in [0.25, 0.3) is 0 Å². The van der Waals surface area contributed by atoms with Crippen LogP contribution in [0.1, 0.15) is 33.3 Å². The molecule has 1 rings (SSSR count). The number of nitrogens with one attached hydrogen (secondary N) is 1. The Kier molecular flexibility index (Phi) is 7.83. The van der Waals surface area contributed by atoms with Gasteiger partial charge >= 0.3 is 12.1 Å². The van der Waals surface area contributed by atoms with Gasteiger partial charge in [-0.25, -0.2) is 4.79 Å². The normalized spacial score (nSPS) is 14.4. The SMILES string of the molecule is C[C@@H](C(=O)O)[C@H](CO[Si](C)(C)C(C)(C)C)NC(=O)OCc1ccccc1. The van der Waals surface area contributed by atoms with Crippen molar-refractivity contribution >= 4 is 20.4 Å². The second-order valence-corrected chi connectivity index (χ2v) is 12.8. The topological polar surface area (TPSA) is 84.9 Å². The highest BCUT2D eigenvalue weighted by Crippen LogP contribution is 2.36. The molecule has 0 heterocycles. The van der Waals surface area contributed by atoms with Gasteiger partial charge in [0.15, 0.2) is 8.32 Å². The number of ether oxygens (including phenoxy) is 1. The van der Waals surface area contributed by atoms with Crippen LogP contribution in [0.4, 0.5) is 4.79 Å². The number of carboxylic acids is 1. The van der Waals surface area contributed by atoms with Crippen LogP contribution in [0.3, 0.4) is 0 Å². The van der Waals surface area contributed by atoms with Crippen LogP contribution in [0.25, 0.3) is 0 Å². The summed E-state index contributed by atoms with van der Waals surface area (Å²) < 4.78 is 11.3. The molecule has 6 nitrogen and oxygen atoms in total. The van der Waals surface area contributed by atoms with Crippen LogP contribution in [0.15, 0.2) is 30.3 Å². The monoisotopic (exact) mass is 381 g/mol. The molecule has 1 amide bonds. The quantitative estimate of drug-likeness (QED) is 0.664. The number of aliphatic carboxylic acids is 1. The molecule has 0 bridgehead atoms. The minimum atomic E-state index is -2.06. The number of alkyl carbamates (subject to hydrolysis) is 1. The highest BCUT2D eigenvalue weighted by atomic mass is 28.4. The summed E-state index contributed by atoms with van der Waals surface area (Å²) >= 11 is 0. The Morgan fingerprint density at radius 3 is 2.27 bits per heavy atom. The van der Waals surface area contributed by atoms with Crippen molar-refractivity contribution in [2.45, 2.75) is 58.5 Å². The first-order valence-corrected chi connectivity index (χ1v) is 11.7. The molecular weight excluding hydrogens is 350 g/mol. The Labute approximate surface area is 157 Å². The molecule has 0 saturated carbocycles. The van der Waals surface area contributed by atoms with E-state index in [-0.39, 0.29) is 18.3 Å². The van der Waals surface area contributed by atoms with Gasteiger partial charge in [0.1, 0.15) is 6.61 Å². The van der Waals surface area contributed by atoms with Crippen LogP contribution >= 0.6 is 0 Å². The Morgan fingerprint density at radius 1 is 1.19 bits per heavy atom. The smallest absolute Gasteiger partial charge is 0.407 e. The van der Waals surface area contributed by atoms with Crippen molar-refractivity contribution in [3.63, 3.8) is 0 Å². The molecule has 0 unspecified atom stereocenters. The molecule has 0 aromatic heterocycles. The predicted molar refractivity (Wildman–Crippen MR) is 103 cm³/mol. The minimum Gasteiger partial charge on any atom is -0.481 e. The molecular formula is C19H31NO5Si. The summed E-state index contributed by atoms with van der Waals surface area (Å²) in [6, 6.07) is 8.64. The highest BCUT2D eigenvalue weighted by Gasteiger charge is 2.38. The molecule has 0 radical (unpaired) electrons. The summed E-state index contributed by atoms with van der Waals surface area (Å²) in [4.78, 5) is 23.5. The summed E-state index contributed by atoms with van der Waals surface area (Å²) in [5.74, 6) is -1.78. The van der Waals surface area contributed by atoms with Crippen LogP contribution in [0.2, 0.25) is 18.1 Å². The van der Waals surface area contributed by atoms with Crippen molar-refractivity contribution in [3.8, 4) is 0 Å². The molecule has 0 spiro atoms. The molecule has 0 saturated heterocycles. The number of hydrogen-bond acceptors (Lipinski definition) is 4. The predicted octanol–water partition coefficient (Wildman–Crippen LogP) is 4.02. The first-order chi connectivity index (χ1) is 11.9. The van der Waals surface area contributed by atoms with Crippen molar-refractivity contribution in [1.29, 1.82) is 0 Å². The molecule has 146 valence electrons. The largest absolute Gasteiger partial charge is 0.481 e. The lowest BCUT2D eigenvalue weighted by Gasteiger charge is -2.37. The van der Waals surface area contributed by atoms with Crippen LogP contribution < -0.4 is 5.32 Å². The third-order valence-corrected chi connectivity index (χ3v) is 9.44. The van der Waals surface area contributed by atoms with Crippen LogP contribution in [-0.2, 0) is 20.6 Å². The van der Waals surface area contributed by atoms with E-state index in [4.69, 9.17) is 9.16 Å². The molecule has 0 fully saturated rings. The maximum Gasteiger partial charge on any atom is 0.407 e. The number of hydrogen-bond donors (Lipinski definition) is 2. The summed E-state index contributed by atoms with van der Waals surface area (Å²) in [6.45, 7) is 12.3. The van der Waals surface area contributed by atoms with Crippen molar-refractivity contribution in [1.82, 2.24) is 5.32 Å². The zero-order valence-corrected chi connectivity index (χ0v) is 17.5. The van der Waals surface area contributed by atoms with Gasteiger partial charge in [0, 0.05) is 0 Å². The summed E-state index contributed by atoms with van der Waals surface area (Å²) in [5, 5.41) is 12.0. The molecule has 2 N–H and O–H groups in total. The molecule has 2 atom stereocenters. The first-order valence-electron chi connectivity index (χ1n) is 8.78. The number of rotatable bonds is 8. The van der Waals surface area contributed by atoms with Crippen molar-refractivity contribution in [2.24, 2.45) is 5.92 Å². The average molecular weight is 382 g/mol. The van der Waals surface area contributed by atoms with E-state index in [9.17, 15) is 14.7 Å². The summed E-state index contributed by atoms with van der Waals surface area (Å²) in [5.41, 5.74) is 0.864. The molecule has 26 heavy (non-hydrogen) atoms. The fourth-order valence-electron chi connectivity index (χ4n) is 1.91. The standard InChI is InChI=1S/C19H31NO5Si/c1-14(17(21)22)16(13-25-26(5,6)19(2,3)4)20-18(23)24-12-15-10-8-7-9-11-15/h7-11,14,16H,12-13H2,1-6H3,(H,20,23)(H,21,22)/t14-,16+/m1/s1. The Hall–Kier alpha value is -1.86. The lowest BCUT2D eigenvalue weighted by atomic mass is 10.0. The van der Waals surface area contributed by atoms with Crippen LogP contribution in [0, 0.1) is 5.92 Å². The van der Waals surface area contributed by atoms with Gasteiger partial charge in [0.05, 0.1) is 18.6 Å². The number of carboxylic acid groups (broad SMARTS) is 1. The van der Waals surface area contributed by atoms with Gasteiger partial charge < -0.3 is 19.6 Å². The number of carbonyl (C=O) groups is 2. The third-order valence-electron chi connectivity index (χ3n) is 4.94. The van der Waals surface area contributed by atoms with E-state index in [1.807, 2.05) is 30.3 Å². The Morgan fingerprint density at radius 2 is 1.77 bits per heavy atom. The molecule has 1 aromatic carbocycles. The van der Waals surface area contributed by atoms with E-state index in [1.54, 1.807) is 6.92 Å². The second kappa shape index (κ2) is 9.18.